The van der Waals surface area contributed by atoms with E-state index < -0.39 is 5.41 Å². The van der Waals surface area contributed by atoms with Gasteiger partial charge < -0.3 is 14.9 Å². The van der Waals surface area contributed by atoms with Gasteiger partial charge in [-0.3, -0.25) is 4.79 Å². The Hall–Kier alpha value is -1.97. The summed E-state index contributed by atoms with van der Waals surface area (Å²) in [5.74, 6) is 0.0918. The summed E-state index contributed by atoms with van der Waals surface area (Å²) in [6, 6.07) is 3.51. The van der Waals surface area contributed by atoms with Crippen LogP contribution in [0.4, 0.5) is 0 Å². The Bertz CT molecular complexity index is 780. The zero-order valence-electron chi connectivity index (χ0n) is 19.5. The number of phenols is 2. The molecule has 0 fully saturated rings. The van der Waals surface area contributed by atoms with Crippen LogP contribution >= 0.6 is 0 Å². The lowest BCUT2D eigenvalue weighted by Crippen LogP contribution is -2.32. The molecular formula is C25H38O4. The van der Waals surface area contributed by atoms with Gasteiger partial charge in [0.15, 0.2) is 0 Å². The maximum Gasteiger partial charge on any atom is 0.311 e. The van der Waals surface area contributed by atoms with Gasteiger partial charge in [-0.15, -0.1) is 0 Å². The molecule has 4 nitrogen and oxygen atoms in total. The molecule has 29 heavy (non-hydrogen) atoms. The van der Waals surface area contributed by atoms with E-state index in [1.807, 2.05) is 41.5 Å². The Balaban J connectivity index is 2.42. The van der Waals surface area contributed by atoms with Crippen molar-refractivity contribution >= 4 is 5.97 Å². The molecule has 0 spiro atoms. The maximum atomic E-state index is 12.2. The average Bonchev–Trinajstić information content (AvgIpc) is 2.53. The molecule has 0 saturated carbocycles. The fourth-order valence-electron chi connectivity index (χ4n) is 3.87. The summed E-state index contributed by atoms with van der Waals surface area (Å²) in [7, 11) is 0. The molecule has 0 heterocycles. The predicted octanol–water partition coefficient (Wildman–Crippen LogP) is 6.06. The number of ether oxygens (including phenoxy) is 1. The first-order chi connectivity index (χ1) is 13.0. The molecule has 2 N–H and O–H groups in total. The summed E-state index contributed by atoms with van der Waals surface area (Å²) in [6.07, 6.45) is 2.86. The molecule has 0 bridgehead atoms. The van der Waals surface area contributed by atoms with E-state index in [4.69, 9.17) is 4.74 Å². The molecule has 0 aliphatic heterocycles. The second-order valence-corrected chi connectivity index (χ2v) is 11.3. The van der Waals surface area contributed by atoms with Crippen LogP contribution in [0, 0.1) is 16.7 Å². The van der Waals surface area contributed by atoms with Gasteiger partial charge in [-0.05, 0) is 67.2 Å². The molecule has 0 aromatic heterocycles. The van der Waals surface area contributed by atoms with Gasteiger partial charge >= 0.3 is 5.97 Å². The lowest BCUT2D eigenvalue weighted by molar-refractivity contribution is -0.152. The molecule has 1 aromatic carbocycles. The first-order valence-electron chi connectivity index (χ1n) is 10.5. The lowest BCUT2D eigenvalue weighted by atomic mass is 9.64. The van der Waals surface area contributed by atoms with Crippen LogP contribution in [0.3, 0.4) is 0 Å². The van der Waals surface area contributed by atoms with Crippen molar-refractivity contribution in [3.8, 4) is 11.5 Å². The van der Waals surface area contributed by atoms with Gasteiger partial charge in [0.25, 0.3) is 0 Å². The van der Waals surface area contributed by atoms with Crippen LogP contribution in [-0.4, -0.2) is 22.8 Å². The van der Waals surface area contributed by atoms with Crippen molar-refractivity contribution in [1.29, 1.82) is 0 Å². The molecule has 1 aliphatic carbocycles. The quantitative estimate of drug-likeness (QED) is 0.476. The van der Waals surface area contributed by atoms with Crippen LogP contribution in [0.2, 0.25) is 0 Å². The summed E-state index contributed by atoms with van der Waals surface area (Å²) >= 11 is 0. The number of carbonyl (C=O) groups is 1. The molecule has 1 unspecified atom stereocenters. The minimum absolute atomic E-state index is 0.0650. The zero-order valence-corrected chi connectivity index (χ0v) is 19.5. The van der Waals surface area contributed by atoms with Gasteiger partial charge in [-0.25, -0.2) is 0 Å². The van der Waals surface area contributed by atoms with Gasteiger partial charge in [-0.2, -0.15) is 0 Å². The highest BCUT2D eigenvalue weighted by Crippen LogP contribution is 2.50. The van der Waals surface area contributed by atoms with E-state index in [1.54, 1.807) is 12.1 Å². The van der Waals surface area contributed by atoms with Gasteiger partial charge in [-0.1, -0.05) is 47.6 Å². The smallest absolute Gasteiger partial charge is 0.311 e. The summed E-state index contributed by atoms with van der Waals surface area (Å²) in [4.78, 5) is 12.2. The molecule has 1 aliphatic rings. The molecule has 2 atom stereocenters. The number of benzene rings is 1. The highest BCUT2D eigenvalue weighted by atomic mass is 16.5. The number of hydrogen-bond acceptors (Lipinski definition) is 4. The molecule has 162 valence electrons. The van der Waals surface area contributed by atoms with Crippen molar-refractivity contribution in [2.24, 2.45) is 16.7 Å². The van der Waals surface area contributed by atoms with E-state index in [-0.39, 0.29) is 46.7 Å². The van der Waals surface area contributed by atoms with E-state index in [2.05, 4.69) is 26.8 Å². The zero-order chi connectivity index (χ0) is 22.4. The highest BCUT2D eigenvalue weighted by molar-refractivity contribution is 5.75. The first kappa shape index (κ1) is 23.3. The largest absolute Gasteiger partial charge is 0.507 e. The highest BCUT2D eigenvalue weighted by Gasteiger charge is 2.38. The van der Waals surface area contributed by atoms with Crippen LogP contribution < -0.4 is 0 Å². The van der Waals surface area contributed by atoms with Crippen LogP contribution in [0.1, 0.15) is 85.8 Å². The minimum atomic E-state index is -0.549. The Morgan fingerprint density at radius 3 is 2.07 bits per heavy atom. The van der Waals surface area contributed by atoms with Gasteiger partial charge in [0, 0.05) is 11.5 Å². The van der Waals surface area contributed by atoms with E-state index >= 15 is 0 Å². The molecule has 0 radical (unpaired) electrons. The fraction of sp³-hybridized carbons (Fsp3) is 0.640. The van der Waals surface area contributed by atoms with Gasteiger partial charge in [0.2, 0.25) is 0 Å². The standard InChI is InChI=1S/C25H38O4/c1-15-17(14-29-22(28)24(5,6)7)10-16(13-25(15,8)9)21-19(26)11-18(12-20(21)27)23(2,3)4/h10-12,15-16,26-27H,13-14H2,1-9H3/t15-,16?/m1/s1. The summed E-state index contributed by atoms with van der Waals surface area (Å²) in [5, 5.41) is 21.5. The summed E-state index contributed by atoms with van der Waals surface area (Å²) < 4.78 is 5.59. The number of esters is 1. The second-order valence-electron chi connectivity index (χ2n) is 11.3. The van der Waals surface area contributed by atoms with E-state index in [1.165, 1.54) is 0 Å². The van der Waals surface area contributed by atoms with Crippen molar-refractivity contribution in [3.05, 3.63) is 34.9 Å². The molecule has 0 amide bonds. The van der Waals surface area contributed by atoms with Crippen molar-refractivity contribution in [2.75, 3.05) is 6.61 Å². The third kappa shape index (κ3) is 5.15. The average molecular weight is 403 g/mol. The van der Waals surface area contributed by atoms with E-state index in [0.29, 0.717) is 5.56 Å². The Morgan fingerprint density at radius 1 is 1.10 bits per heavy atom. The molecular weight excluding hydrogens is 364 g/mol. The van der Waals surface area contributed by atoms with Crippen molar-refractivity contribution in [2.45, 2.75) is 80.1 Å². The summed E-state index contributed by atoms with van der Waals surface area (Å²) in [5.41, 5.74) is 1.69. The predicted molar refractivity (Wildman–Crippen MR) is 117 cm³/mol. The van der Waals surface area contributed by atoms with Crippen LogP contribution in [-0.2, 0) is 14.9 Å². The second kappa shape index (κ2) is 7.70. The molecule has 2 rings (SSSR count). The summed E-state index contributed by atoms with van der Waals surface area (Å²) in [6.45, 7) is 18.4. The number of hydrogen-bond donors (Lipinski definition) is 2. The molecule has 0 saturated heterocycles. The van der Waals surface area contributed by atoms with Crippen molar-refractivity contribution in [3.63, 3.8) is 0 Å². The Labute approximate surface area is 176 Å². The number of aromatic hydroxyl groups is 2. The lowest BCUT2D eigenvalue weighted by Gasteiger charge is -2.41. The normalized spacial score (nSPS) is 22.2. The third-order valence-electron chi connectivity index (χ3n) is 6.25. The SMILES string of the molecule is C[C@@H]1C(COC(=O)C(C)(C)C)=CC(c2c(O)cc(C(C)(C)C)cc2O)CC1(C)C. The number of carbonyl (C=O) groups excluding carboxylic acids is 1. The first-order valence-corrected chi connectivity index (χ1v) is 10.5. The van der Waals surface area contributed by atoms with Gasteiger partial charge in [0.1, 0.15) is 18.1 Å². The van der Waals surface area contributed by atoms with Crippen LogP contribution in [0.5, 0.6) is 11.5 Å². The third-order valence-corrected chi connectivity index (χ3v) is 6.25. The molecule has 4 heteroatoms. The Morgan fingerprint density at radius 2 is 1.62 bits per heavy atom. The van der Waals surface area contributed by atoms with Crippen LogP contribution in [0.25, 0.3) is 0 Å². The maximum absolute atomic E-state index is 12.2. The molecule has 1 aromatic rings. The van der Waals surface area contributed by atoms with Gasteiger partial charge in [0.05, 0.1) is 5.41 Å². The number of allylic oxidation sites excluding steroid dienone is 1. The van der Waals surface area contributed by atoms with Crippen molar-refractivity contribution < 1.29 is 19.7 Å². The number of rotatable bonds is 3. The van der Waals surface area contributed by atoms with E-state index in [9.17, 15) is 15.0 Å². The van der Waals surface area contributed by atoms with E-state index in [0.717, 1.165) is 17.6 Å². The monoisotopic (exact) mass is 402 g/mol. The van der Waals surface area contributed by atoms with Crippen LogP contribution in [0.15, 0.2) is 23.8 Å². The number of phenolic OH excluding ortho intramolecular Hbond substituents is 2. The minimum Gasteiger partial charge on any atom is -0.507 e. The van der Waals surface area contributed by atoms with Crippen molar-refractivity contribution in [1.82, 2.24) is 0 Å². The Kier molecular flexibility index (Phi) is 6.19. The fourth-order valence-corrected chi connectivity index (χ4v) is 3.87. The topological polar surface area (TPSA) is 66.8 Å².